The molecule has 1 N–H and O–H groups in total. The van der Waals surface area contributed by atoms with Crippen molar-refractivity contribution in [2.75, 3.05) is 7.11 Å². The van der Waals surface area contributed by atoms with E-state index >= 15 is 0 Å². The van der Waals surface area contributed by atoms with Crippen LogP contribution in [-0.2, 0) is 13.2 Å². The van der Waals surface area contributed by atoms with Crippen LogP contribution >= 0.6 is 0 Å². The number of aromatic nitrogens is 2. The first-order chi connectivity index (χ1) is 8.22. The highest BCUT2D eigenvalue weighted by Crippen LogP contribution is 2.09. The average Bonchev–Trinajstić information content (AvgIpc) is 2.80. The van der Waals surface area contributed by atoms with Crippen molar-refractivity contribution < 1.29 is 14.3 Å². The molecule has 0 saturated carbocycles. The van der Waals surface area contributed by atoms with Gasteiger partial charge < -0.3 is 14.3 Å². The number of aliphatic hydroxyl groups is 1. The molecule has 0 spiro atoms. The molecule has 6 heteroatoms. The van der Waals surface area contributed by atoms with E-state index in [1.807, 2.05) is 0 Å². The maximum Gasteiger partial charge on any atom is 0.267 e. The third-order valence-corrected chi connectivity index (χ3v) is 2.23. The number of hydrogen-bond acceptors (Lipinski definition) is 5. The van der Waals surface area contributed by atoms with Crippen molar-refractivity contribution in [2.24, 2.45) is 0 Å². The van der Waals surface area contributed by atoms with Crippen molar-refractivity contribution in [3.05, 3.63) is 46.1 Å². The molecule has 2 aromatic rings. The second-order valence-electron chi connectivity index (χ2n) is 3.40. The summed E-state index contributed by atoms with van der Waals surface area (Å²) in [6.45, 7) is 0.0382. The molecule has 0 saturated heterocycles. The molecule has 2 aromatic heterocycles. The minimum atomic E-state index is -0.243. The lowest BCUT2D eigenvalue weighted by atomic mass is 10.4. The van der Waals surface area contributed by atoms with Crippen molar-refractivity contribution in [1.82, 2.24) is 9.78 Å². The van der Waals surface area contributed by atoms with Gasteiger partial charge in [0.1, 0.15) is 24.7 Å². The van der Waals surface area contributed by atoms with Crippen LogP contribution in [0.1, 0.15) is 11.5 Å². The first kappa shape index (κ1) is 11.4. The fraction of sp³-hybridized carbons (Fsp3) is 0.273. The normalized spacial score (nSPS) is 10.5. The molecule has 0 bridgehead atoms. The summed E-state index contributed by atoms with van der Waals surface area (Å²) in [5.41, 5.74) is -0.243. The van der Waals surface area contributed by atoms with Gasteiger partial charge in [0.15, 0.2) is 0 Å². The minimum Gasteiger partial charge on any atom is -0.480 e. The monoisotopic (exact) mass is 236 g/mol. The fourth-order valence-electron chi connectivity index (χ4n) is 1.39. The van der Waals surface area contributed by atoms with Crippen molar-refractivity contribution in [2.45, 2.75) is 13.2 Å². The molecule has 6 nitrogen and oxygen atoms in total. The van der Waals surface area contributed by atoms with Gasteiger partial charge >= 0.3 is 0 Å². The Balaban J connectivity index is 2.25. The molecule has 2 rings (SSSR count). The average molecular weight is 236 g/mol. The molecule has 2 heterocycles. The number of ether oxygens (including phenoxy) is 1. The molecule has 90 valence electrons. The van der Waals surface area contributed by atoms with E-state index in [1.54, 1.807) is 12.1 Å². The fourth-order valence-corrected chi connectivity index (χ4v) is 1.39. The molecule has 17 heavy (non-hydrogen) atoms. The summed E-state index contributed by atoms with van der Waals surface area (Å²) in [6, 6.07) is 6.22. The summed E-state index contributed by atoms with van der Waals surface area (Å²) in [4.78, 5) is 11.5. The molecule has 0 aliphatic carbocycles. The van der Waals surface area contributed by atoms with Gasteiger partial charge in [-0.2, -0.15) is 0 Å². The zero-order valence-electron chi connectivity index (χ0n) is 9.29. The van der Waals surface area contributed by atoms with E-state index < -0.39 is 0 Å². The zero-order valence-corrected chi connectivity index (χ0v) is 9.29. The number of methoxy groups -OCH3 is 1. The number of hydrogen-bond donors (Lipinski definition) is 1. The standard InChI is InChI=1S/C11H12N2O4/c1-16-10-4-5-11(15)13(12-10)6-8-2-3-9(7-14)17-8/h2-5,14H,6-7H2,1H3. The lowest BCUT2D eigenvalue weighted by Crippen LogP contribution is -2.22. The Morgan fingerprint density at radius 2 is 2.12 bits per heavy atom. The third kappa shape index (κ3) is 2.54. The van der Waals surface area contributed by atoms with Gasteiger partial charge in [-0.25, -0.2) is 4.68 Å². The summed E-state index contributed by atoms with van der Waals surface area (Å²) < 4.78 is 11.4. The van der Waals surface area contributed by atoms with Crippen LogP contribution < -0.4 is 10.3 Å². The van der Waals surface area contributed by atoms with E-state index in [0.717, 1.165) is 0 Å². The van der Waals surface area contributed by atoms with E-state index in [-0.39, 0.29) is 18.7 Å². The van der Waals surface area contributed by atoms with Gasteiger partial charge in [-0.05, 0) is 12.1 Å². The Kier molecular flexibility index (Phi) is 3.24. The summed E-state index contributed by atoms with van der Waals surface area (Å²) in [6.07, 6.45) is 0. The van der Waals surface area contributed by atoms with Gasteiger partial charge in [-0.15, -0.1) is 5.10 Å². The van der Waals surface area contributed by atoms with Gasteiger partial charge in [0, 0.05) is 12.1 Å². The van der Waals surface area contributed by atoms with Crippen LogP contribution in [0.4, 0.5) is 0 Å². The highest BCUT2D eigenvalue weighted by Gasteiger charge is 2.05. The minimum absolute atomic E-state index is 0.166. The summed E-state index contributed by atoms with van der Waals surface area (Å²) in [5.74, 6) is 1.37. The Labute approximate surface area is 97.1 Å². The van der Waals surface area contributed by atoms with Crippen LogP contribution in [0.3, 0.4) is 0 Å². The second kappa shape index (κ2) is 4.84. The summed E-state index contributed by atoms with van der Waals surface area (Å²) in [5, 5.41) is 12.8. The van der Waals surface area contributed by atoms with Crippen LogP contribution in [0, 0.1) is 0 Å². The molecular formula is C11H12N2O4. The largest absolute Gasteiger partial charge is 0.480 e. The van der Waals surface area contributed by atoms with Crippen LogP contribution in [0.15, 0.2) is 33.5 Å². The number of rotatable bonds is 4. The first-order valence-corrected chi connectivity index (χ1v) is 5.03. The SMILES string of the molecule is COc1ccc(=O)n(Cc2ccc(CO)o2)n1. The predicted octanol–water partition coefficient (Wildman–Crippen LogP) is 0.386. The number of furan rings is 1. The lowest BCUT2D eigenvalue weighted by Gasteiger charge is -2.03. The van der Waals surface area contributed by atoms with Gasteiger partial charge in [-0.3, -0.25) is 4.79 Å². The van der Waals surface area contributed by atoms with Crippen molar-refractivity contribution in [1.29, 1.82) is 0 Å². The van der Waals surface area contributed by atoms with Gasteiger partial charge in [0.2, 0.25) is 5.88 Å². The molecule has 0 atom stereocenters. The molecule has 0 unspecified atom stereocenters. The molecule has 0 fully saturated rings. The van der Waals surface area contributed by atoms with E-state index in [1.165, 1.54) is 23.9 Å². The summed E-state index contributed by atoms with van der Waals surface area (Å²) >= 11 is 0. The van der Waals surface area contributed by atoms with Crippen molar-refractivity contribution in [3.63, 3.8) is 0 Å². The molecule has 0 aliphatic heterocycles. The van der Waals surface area contributed by atoms with E-state index in [9.17, 15) is 4.79 Å². The highest BCUT2D eigenvalue weighted by atomic mass is 16.5. The quantitative estimate of drug-likeness (QED) is 0.830. The molecule has 0 amide bonds. The van der Waals surface area contributed by atoms with Crippen molar-refractivity contribution >= 4 is 0 Å². The van der Waals surface area contributed by atoms with E-state index in [4.69, 9.17) is 14.3 Å². The Morgan fingerprint density at radius 1 is 1.35 bits per heavy atom. The summed E-state index contributed by atoms with van der Waals surface area (Å²) in [7, 11) is 1.48. The second-order valence-corrected chi connectivity index (χ2v) is 3.40. The molecule has 0 aliphatic rings. The van der Waals surface area contributed by atoms with E-state index in [2.05, 4.69) is 5.10 Å². The van der Waals surface area contributed by atoms with Crippen LogP contribution in [0.25, 0.3) is 0 Å². The predicted molar refractivity (Wildman–Crippen MR) is 58.8 cm³/mol. The highest BCUT2D eigenvalue weighted by molar-refractivity contribution is 5.09. The van der Waals surface area contributed by atoms with Gasteiger partial charge in [0.25, 0.3) is 5.56 Å². The van der Waals surface area contributed by atoms with Crippen LogP contribution in [-0.4, -0.2) is 22.0 Å². The van der Waals surface area contributed by atoms with E-state index in [0.29, 0.717) is 17.4 Å². The molecule has 0 aromatic carbocycles. The lowest BCUT2D eigenvalue weighted by molar-refractivity contribution is 0.242. The van der Waals surface area contributed by atoms with Crippen LogP contribution in [0.5, 0.6) is 5.88 Å². The molecular weight excluding hydrogens is 224 g/mol. The topological polar surface area (TPSA) is 77.5 Å². The molecule has 0 radical (unpaired) electrons. The Bertz CT molecular complexity index is 559. The Morgan fingerprint density at radius 3 is 2.76 bits per heavy atom. The Hall–Kier alpha value is -2.08. The number of aliphatic hydroxyl groups excluding tert-OH is 1. The number of nitrogens with zero attached hydrogens (tertiary/aromatic N) is 2. The third-order valence-electron chi connectivity index (χ3n) is 2.23. The maximum atomic E-state index is 11.5. The maximum absolute atomic E-state index is 11.5. The van der Waals surface area contributed by atoms with Gasteiger partial charge in [-0.1, -0.05) is 0 Å². The zero-order chi connectivity index (χ0) is 12.3. The van der Waals surface area contributed by atoms with Gasteiger partial charge in [0.05, 0.1) is 7.11 Å². The smallest absolute Gasteiger partial charge is 0.267 e. The van der Waals surface area contributed by atoms with Crippen LogP contribution in [0.2, 0.25) is 0 Å². The first-order valence-electron chi connectivity index (χ1n) is 5.03. The van der Waals surface area contributed by atoms with Crippen molar-refractivity contribution in [3.8, 4) is 5.88 Å².